The molecular weight excluding hydrogens is 304 g/mol. The van der Waals surface area contributed by atoms with Crippen LogP contribution in [-0.4, -0.2) is 67.9 Å². The van der Waals surface area contributed by atoms with E-state index >= 15 is 0 Å². The molecule has 0 aromatic carbocycles. The van der Waals surface area contributed by atoms with Crippen LogP contribution in [0, 0.1) is 11.8 Å². The Balaban J connectivity index is 0.00000123. The minimum absolute atomic E-state index is 0.00661. The molecule has 142 valence electrons. The fourth-order valence-electron chi connectivity index (χ4n) is 3.21. The highest BCUT2D eigenvalue weighted by atomic mass is 16.5. The van der Waals surface area contributed by atoms with E-state index in [0.29, 0.717) is 13.1 Å². The quantitative estimate of drug-likeness (QED) is 0.791. The van der Waals surface area contributed by atoms with Crippen molar-refractivity contribution in [2.24, 2.45) is 11.8 Å². The molecule has 5 nitrogen and oxygen atoms in total. The van der Waals surface area contributed by atoms with E-state index in [0.717, 1.165) is 32.4 Å². The third-order valence-electron chi connectivity index (χ3n) is 4.70. The van der Waals surface area contributed by atoms with E-state index in [4.69, 9.17) is 4.74 Å². The summed E-state index contributed by atoms with van der Waals surface area (Å²) in [5.74, 6) is 0.428. The molecule has 5 heteroatoms. The van der Waals surface area contributed by atoms with Crippen molar-refractivity contribution in [3.05, 3.63) is 0 Å². The van der Waals surface area contributed by atoms with Crippen LogP contribution in [0.25, 0.3) is 0 Å². The van der Waals surface area contributed by atoms with Crippen molar-refractivity contribution < 1.29 is 14.3 Å². The lowest BCUT2D eigenvalue weighted by Crippen LogP contribution is -2.51. The normalized spacial score (nSPS) is 25.0. The van der Waals surface area contributed by atoms with Gasteiger partial charge >= 0.3 is 0 Å². The van der Waals surface area contributed by atoms with Gasteiger partial charge in [-0.15, -0.1) is 0 Å². The molecular formula is C19H38N2O3. The highest BCUT2D eigenvalue weighted by molar-refractivity contribution is 5.82. The van der Waals surface area contributed by atoms with E-state index in [9.17, 15) is 9.59 Å². The highest BCUT2D eigenvalue weighted by Gasteiger charge is 2.35. The molecule has 2 fully saturated rings. The van der Waals surface area contributed by atoms with Gasteiger partial charge in [0.05, 0.1) is 6.10 Å². The number of amides is 1. The van der Waals surface area contributed by atoms with Gasteiger partial charge in [-0.05, 0) is 46.3 Å². The minimum Gasteiger partial charge on any atom is -0.380 e. The fraction of sp³-hybridized carbons (Fsp3) is 0.895. The second-order valence-corrected chi connectivity index (χ2v) is 6.22. The Bertz CT molecular complexity index is 366. The van der Waals surface area contributed by atoms with E-state index in [-0.39, 0.29) is 29.6 Å². The van der Waals surface area contributed by atoms with Gasteiger partial charge in [0.1, 0.15) is 5.78 Å². The van der Waals surface area contributed by atoms with E-state index in [1.165, 1.54) is 0 Å². The van der Waals surface area contributed by atoms with Crippen LogP contribution in [0.4, 0.5) is 0 Å². The number of hydrogen-bond acceptors (Lipinski definition) is 4. The number of likely N-dealkylation sites (tertiary alicyclic amines) is 2. The first-order chi connectivity index (χ1) is 11.5. The summed E-state index contributed by atoms with van der Waals surface area (Å²) in [5.41, 5.74) is 0. The Hall–Kier alpha value is -0.940. The molecule has 0 N–H and O–H groups in total. The summed E-state index contributed by atoms with van der Waals surface area (Å²) in [6.07, 6.45) is 2.58. The maximum Gasteiger partial charge on any atom is 0.225 e. The number of Topliss-reactive ketones (excluding diaryl/α,β-unsaturated/α-hetero) is 1. The second-order valence-electron chi connectivity index (χ2n) is 6.22. The average Bonchev–Trinajstić information content (AvgIpc) is 2.64. The van der Waals surface area contributed by atoms with Crippen LogP contribution in [0.15, 0.2) is 0 Å². The Morgan fingerprint density at radius 1 is 0.958 bits per heavy atom. The molecule has 0 spiro atoms. The molecule has 1 amide bonds. The lowest BCUT2D eigenvalue weighted by atomic mass is 9.90. The first-order valence-electron chi connectivity index (χ1n) is 9.51. The number of carbonyl (C=O) groups is 2. The monoisotopic (exact) mass is 342 g/mol. The van der Waals surface area contributed by atoms with Crippen molar-refractivity contribution in [1.29, 1.82) is 0 Å². The second kappa shape index (κ2) is 12.4. The molecule has 2 aliphatic heterocycles. The van der Waals surface area contributed by atoms with Crippen LogP contribution in [0.1, 0.15) is 53.9 Å². The molecule has 2 aliphatic rings. The summed E-state index contributed by atoms with van der Waals surface area (Å²) in [5, 5.41) is 0. The number of piperidine rings is 2. The summed E-state index contributed by atoms with van der Waals surface area (Å²) >= 11 is 0. The van der Waals surface area contributed by atoms with Crippen molar-refractivity contribution >= 4 is 11.7 Å². The number of ketones is 1. The van der Waals surface area contributed by atoms with Crippen LogP contribution >= 0.6 is 0 Å². The van der Waals surface area contributed by atoms with Crippen molar-refractivity contribution in [3.8, 4) is 0 Å². The molecule has 2 unspecified atom stereocenters. The summed E-state index contributed by atoms with van der Waals surface area (Å²) in [4.78, 5) is 28.4. The van der Waals surface area contributed by atoms with Crippen LogP contribution in [0.2, 0.25) is 0 Å². The Morgan fingerprint density at radius 3 is 1.96 bits per heavy atom. The van der Waals surface area contributed by atoms with Gasteiger partial charge in [0.25, 0.3) is 0 Å². The molecule has 0 aliphatic carbocycles. The van der Waals surface area contributed by atoms with Crippen LogP contribution in [-0.2, 0) is 14.3 Å². The third kappa shape index (κ3) is 6.89. The Kier molecular flexibility index (Phi) is 11.9. The van der Waals surface area contributed by atoms with Crippen molar-refractivity contribution in [2.45, 2.75) is 60.0 Å². The lowest BCUT2D eigenvalue weighted by molar-refractivity contribution is -0.144. The smallest absolute Gasteiger partial charge is 0.225 e. The molecule has 0 aromatic rings. The van der Waals surface area contributed by atoms with Gasteiger partial charge in [0, 0.05) is 32.0 Å². The van der Waals surface area contributed by atoms with Gasteiger partial charge in [0.2, 0.25) is 5.91 Å². The van der Waals surface area contributed by atoms with E-state index < -0.39 is 0 Å². The predicted octanol–water partition coefficient (Wildman–Crippen LogP) is 2.83. The zero-order valence-corrected chi connectivity index (χ0v) is 16.8. The van der Waals surface area contributed by atoms with Crippen molar-refractivity contribution in [1.82, 2.24) is 9.80 Å². The molecule has 24 heavy (non-hydrogen) atoms. The van der Waals surface area contributed by atoms with Gasteiger partial charge in [-0.3, -0.25) is 9.59 Å². The molecule has 2 saturated heterocycles. The number of hydrogen-bond donors (Lipinski definition) is 0. The van der Waals surface area contributed by atoms with Gasteiger partial charge < -0.3 is 14.5 Å². The standard InChI is InChI=1S/C15H26N2O3.2C2H6/c1-11(18)13-8-14(20-3)10-17(9-13)15(19)12-4-6-16(2)7-5-12;2*1-2/h12-14H,4-10H2,1-3H3;2*1-2H3. The topological polar surface area (TPSA) is 49.9 Å². The zero-order valence-electron chi connectivity index (χ0n) is 16.8. The van der Waals surface area contributed by atoms with Gasteiger partial charge in [0.15, 0.2) is 0 Å². The molecule has 2 heterocycles. The number of ether oxygens (including phenoxy) is 1. The highest BCUT2D eigenvalue weighted by Crippen LogP contribution is 2.24. The third-order valence-corrected chi connectivity index (χ3v) is 4.70. The van der Waals surface area contributed by atoms with Gasteiger partial charge in [-0.1, -0.05) is 27.7 Å². The SMILES string of the molecule is CC.CC.COC1CC(C(C)=O)CN(C(=O)C2CCN(C)CC2)C1. The Labute approximate surface area is 148 Å². The van der Waals surface area contributed by atoms with E-state index in [1.54, 1.807) is 14.0 Å². The average molecular weight is 343 g/mol. The first kappa shape index (κ1) is 23.1. The maximum atomic E-state index is 12.6. The predicted molar refractivity (Wildman–Crippen MR) is 99.1 cm³/mol. The van der Waals surface area contributed by atoms with Gasteiger partial charge in [-0.2, -0.15) is 0 Å². The Morgan fingerprint density at radius 2 is 1.50 bits per heavy atom. The number of carbonyl (C=O) groups excluding carboxylic acids is 2. The first-order valence-corrected chi connectivity index (χ1v) is 9.51. The summed E-state index contributed by atoms with van der Waals surface area (Å²) < 4.78 is 5.40. The number of methoxy groups -OCH3 is 1. The van der Waals surface area contributed by atoms with Crippen molar-refractivity contribution in [3.63, 3.8) is 0 Å². The number of rotatable bonds is 3. The minimum atomic E-state index is -0.0658. The summed E-state index contributed by atoms with van der Waals surface area (Å²) in [6.45, 7) is 12.8. The fourth-order valence-corrected chi connectivity index (χ4v) is 3.21. The zero-order chi connectivity index (χ0) is 18.7. The number of nitrogens with zero attached hydrogens (tertiary/aromatic N) is 2. The molecule has 0 saturated carbocycles. The van der Waals surface area contributed by atoms with E-state index in [2.05, 4.69) is 11.9 Å². The summed E-state index contributed by atoms with van der Waals surface area (Å²) in [6, 6.07) is 0. The van der Waals surface area contributed by atoms with E-state index in [1.807, 2.05) is 32.6 Å². The molecule has 0 bridgehead atoms. The van der Waals surface area contributed by atoms with Crippen LogP contribution in [0.5, 0.6) is 0 Å². The molecule has 0 aromatic heterocycles. The molecule has 0 radical (unpaired) electrons. The van der Waals surface area contributed by atoms with Crippen LogP contribution < -0.4 is 0 Å². The lowest BCUT2D eigenvalue weighted by Gasteiger charge is -2.39. The summed E-state index contributed by atoms with van der Waals surface area (Å²) in [7, 11) is 3.75. The maximum absolute atomic E-state index is 12.6. The van der Waals surface area contributed by atoms with Crippen LogP contribution in [0.3, 0.4) is 0 Å². The molecule has 2 rings (SSSR count). The molecule has 2 atom stereocenters. The largest absolute Gasteiger partial charge is 0.380 e. The van der Waals surface area contributed by atoms with Crippen molar-refractivity contribution in [2.75, 3.05) is 40.3 Å². The van der Waals surface area contributed by atoms with Gasteiger partial charge in [-0.25, -0.2) is 0 Å².